The Bertz CT molecular complexity index is 506. The van der Waals surface area contributed by atoms with Gasteiger partial charge in [0, 0.05) is 15.8 Å². The molecule has 3 rings (SSSR count). The van der Waals surface area contributed by atoms with Crippen molar-refractivity contribution in [2.24, 2.45) is 11.8 Å². The topological polar surface area (TPSA) is 32.3 Å². The minimum absolute atomic E-state index is 0.0383. The fourth-order valence-corrected chi connectivity index (χ4v) is 4.09. The summed E-state index contributed by atoms with van der Waals surface area (Å²) in [5.74, 6) is 1.33. The molecule has 20 heavy (non-hydrogen) atoms. The SMILES string of the molecule is Cc1ccc(C2NC(C(C)C)C(=O)N2C(C)C2CC2)s1. The second-order valence-corrected chi connectivity index (χ2v) is 7.88. The minimum Gasteiger partial charge on any atom is -0.318 e. The highest BCUT2D eigenvalue weighted by atomic mass is 32.1. The Morgan fingerprint density at radius 3 is 2.50 bits per heavy atom. The zero-order chi connectivity index (χ0) is 14.4. The number of nitrogens with zero attached hydrogens (tertiary/aromatic N) is 1. The Hall–Kier alpha value is -0.870. The molecule has 3 atom stereocenters. The van der Waals surface area contributed by atoms with Crippen LogP contribution in [0.25, 0.3) is 0 Å². The molecule has 1 aliphatic carbocycles. The van der Waals surface area contributed by atoms with Crippen LogP contribution in [0, 0.1) is 18.8 Å². The lowest BCUT2D eigenvalue weighted by atomic mass is 10.0. The number of hydrogen-bond donors (Lipinski definition) is 1. The fourth-order valence-electron chi connectivity index (χ4n) is 3.15. The van der Waals surface area contributed by atoms with E-state index >= 15 is 0 Å². The molecule has 3 nitrogen and oxygen atoms in total. The number of hydrogen-bond acceptors (Lipinski definition) is 3. The third kappa shape index (κ3) is 2.40. The van der Waals surface area contributed by atoms with E-state index in [0.29, 0.717) is 17.9 Å². The van der Waals surface area contributed by atoms with Crippen molar-refractivity contribution in [1.82, 2.24) is 10.2 Å². The highest BCUT2D eigenvalue weighted by Crippen LogP contribution is 2.41. The molecular weight excluding hydrogens is 268 g/mol. The highest BCUT2D eigenvalue weighted by molar-refractivity contribution is 7.12. The van der Waals surface area contributed by atoms with Crippen LogP contribution in [0.1, 0.15) is 49.5 Å². The van der Waals surface area contributed by atoms with Crippen LogP contribution >= 0.6 is 11.3 Å². The molecule has 3 unspecified atom stereocenters. The number of thiophene rings is 1. The van der Waals surface area contributed by atoms with Gasteiger partial charge in [0.15, 0.2) is 0 Å². The first-order valence-corrected chi connectivity index (χ1v) is 8.45. The molecule has 2 heterocycles. The van der Waals surface area contributed by atoms with Gasteiger partial charge in [0.05, 0.1) is 6.04 Å². The molecular formula is C16H24N2OS. The average Bonchev–Trinajstić information content (AvgIpc) is 3.06. The average molecular weight is 292 g/mol. The molecule has 2 fully saturated rings. The van der Waals surface area contributed by atoms with E-state index in [1.165, 1.54) is 22.6 Å². The van der Waals surface area contributed by atoms with Crippen LogP contribution in [0.3, 0.4) is 0 Å². The zero-order valence-corrected chi connectivity index (χ0v) is 13.5. The standard InChI is InChI=1S/C16H24N2OS/c1-9(2)14-16(19)18(11(4)12-6-7-12)15(17-14)13-8-5-10(3)20-13/h5,8-9,11-12,14-15,17H,6-7H2,1-4H3. The van der Waals surface area contributed by atoms with Crippen molar-refractivity contribution in [2.75, 3.05) is 0 Å². The van der Waals surface area contributed by atoms with Crippen molar-refractivity contribution in [3.05, 3.63) is 21.9 Å². The summed E-state index contributed by atoms with van der Waals surface area (Å²) in [7, 11) is 0. The maximum absolute atomic E-state index is 12.8. The van der Waals surface area contributed by atoms with Gasteiger partial charge in [0.1, 0.15) is 6.17 Å². The Labute approximate surface area is 125 Å². The summed E-state index contributed by atoms with van der Waals surface area (Å²) in [5, 5.41) is 3.57. The minimum atomic E-state index is -0.0383. The molecule has 1 saturated carbocycles. The van der Waals surface area contributed by atoms with Gasteiger partial charge in [-0.1, -0.05) is 13.8 Å². The smallest absolute Gasteiger partial charge is 0.241 e. The van der Waals surface area contributed by atoms with Crippen LogP contribution in [0.4, 0.5) is 0 Å². The van der Waals surface area contributed by atoms with Crippen LogP contribution in [-0.2, 0) is 4.79 Å². The number of nitrogens with one attached hydrogen (secondary N) is 1. The molecule has 4 heteroatoms. The lowest BCUT2D eigenvalue weighted by molar-refractivity contribution is -0.133. The third-order valence-electron chi connectivity index (χ3n) is 4.58. The van der Waals surface area contributed by atoms with Crippen LogP contribution in [0.2, 0.25) is 0 Å². The first-order valence-electron chi connectivity index (χ1n) is 7.63. The van der Waals surface area contributed by atoms with Gasteiger partial charge in [-0.15, -0.1) is 11.3 Å². The van der Waals surface area contributed by atoms with Crippen molar-refractivity contribution in [3.63, 3.8) is 0 Å². The van der Waals surface area contributed by atoms with E-state index in [2.05, 4.69) is 50.0 Å². The van der Waals surface area contributed by atoms with Gasteiger partial charge < -0.3 is 4.90 Å². The van der Waals surface area contributed by atoms with E-state index in [1.54, 1.807) is 11.3 Å². The molecule has 1 saturated heterocycles. The summed E-state index contributed by atoms with van der Waals surface area (Å²) < 4.78 is 0. The molecule has 0 bridgehead atoms. The van der Waals surface area contributed by atoms with Crippen LogP contribution in [-0.4, -0.2) is 22.9 Å². The molecule has 110 valence electrons. The molecule has 1 aliphatic heterocycles. The molecule has 1 amide bonds. The first kappa shape index (κ1) is 14.1. The van der Waals surface area contributed by atoms with Crippen molar-refractivity contribution in [2.45, 2.75) is 58.8 Å². The number of rotatable bonds is 4. The highest BCUT2D eigenvalue weighted by Gasteiger charge is 2.47. The van der Waals surface area contributed by atoms with E-state index in [-0.39, 0.29) is 18.1 Å². The fraction of sp³-hybridized carbons (Fsp3) is 0.688. The summed E-state index contributed by atoms with van der Waals surface area (Å²) in [6.07, 6.45) is 2.62. The predicted octanol–water partition coefficient (Wildman–Crippen LogP) is 3.31. The van der Waals surface area contributed by atoms with Crippen molar-refractivity contribution < 1.29 is 4.79 Å². The van der Waals surface area contributed by atoms with E-state index in [4.69, 9.17) is 0 Å². The summed E-state index contributed by atoms with van der Waals surface area (Å²) in [6, 6.07) is 4.63. The third-order valence-corrected chi connectivity index (χ3v) is 5.63. The maximum Gasteiger partial charge on any atom is 0.241 e. The monoisotopic (exact) mass is 292 g/mol. The Morgan fingerprint density at radius 2 is 2.00 bits per heavy atom. The number of amides is 1. The van der Waals surface area contributed by atoms with Gasteiger partial charge in [0.2, 0.25) is 5.91 Å². The number of carbonyl (C=O) groups excluding carboxylic acids is 1. The second kappa shape index (κ2) is 5.15. The van der Waals surface area contributed by atoms with E-state index in [1.807, 2.05) is 0 Å². The summed E-state index contributed by atoms with van der Waals surface area (Å²) in [6.45, 7) is 8.59. The predicted molar refractivity (Wildman–Crippen MR) is 82.6 cm³/mol. The lowest BCUT2D eigenvalue weighted by Gasteiger charge is -2.30. The van der Waals surface area contributed by atoms with Crippen LogP contribution in [0.5, 0.6) is 0 Å². The molecule has 1 N–H and O–H groups in total. The van der Waals surface area contributed by atoms with E-state index in [9.17, 15) is 4.79 Å². The van der Waals surface area contributed by atoms with Gasteiger partial charge in [0.25, 0.3) is 0 Å². The summed E-state index contributed by atoms with van der Waals surface area (Å²) in [5.41, 5.74) is 0. The van der Waals surface area contributed by atoms with Crippen LogP contribution in [0.15, 0.2) is 12.1 Å². The molecule has 0 aromatic carbocycles. The van der Waals surface area contributed by atoms with Crippen LogP contribution < -0.4 is 5.32 Å². The second-order valence-electron chi connectivity index (χ2n) is 6.56. The van der Waals surface area contributed by atoms with Gasteiger partial charge in [-0.25, -0.2) is 0 Å². The molecule has 0 spiro atoms. The summed E-state index contributed by atoms with van der Waals surface area (Å²) in [4.78, 5) is 17.5. The van der Waals surface area contributed by atoms with E-state index in [0.717, 1.165) is 0 Å². The Kier molecular flexibility index (Phi) is 3.63. The zero-order valence-electron chi connectivity index (χ0n) is 12.7. The normalized spacial score (nSPS) is 28.4. The molecule has 1 aromatic rings. The summed E-state index contributed by atoms with van der Waals surface area (Å²) >= 11 is 1.80. The number of carbonyl (C=O) groups is 1. The van der Waals surface area contributed by atoms with Crippen molar-refractivity contribution in [3.8, 4) is 0 Å². The van der Waals surface area contributed by atoms with Gasteiger partial charge in [-0.05, 0) is 50.7 Å². The number of aryl methyl sites for hydroxylation is 1. The van der Waals surface area contributed by atoms with Gasteiger partial charge in [-0.2, -0.15) is 0 Å². The maximum atomic E-state index is 12.8. The van der Waals surface area contributed by atoms with Crippen molar-refractivity contribution >= 4 is 17.2 Å². The molecule has 0 radical (unpaired) electrons. The van der Waals surface area contributed by atoms with Gasteiger partial charge >= 0.3 is 0 Å². The van der Waals surface area contributed by atoms with Crippen molar-refractivity contribution in [1.29, 1.82) is 0 Å². The lowest BCUT2D eigenvalue weighted by Crippen LogP contribution is -2.40. The van der Waals surface area contributed by atoms with Gasteiger partial charge in [-0.3, -0.25) is 10.1 Å². The largest absolute Gasteiger partial charge is 0.318 e. The van der Waals surface area contributed by atoms with E-state index < -0.39 is 0 Å². The Morgan fingerprint density at radius 1 is 1.30 bits per heavy atom. The quantitative estimate of drug-likeness (QED) is 0.923. The first-order chi connectivity index (χ1) is 9.49. The Balaban J connectivity index is 1.90. The molecule has 1 aromatic heterocycles. The molecule has 2 aliphatic rings.